The molecule has 10 amide bonds. The van der Waals surface area contributed by atoms with Crippen molar-refractivity contribution in [2.45, 2.75) is 32.8 Å². The van der Waals surface area contributed by atoms with Gasteiger partial charge in [-0.3, -0.25) is 34.1 Å². The topological polar surface area (TPSA) is 380 Å². The van der Waals surface area contributed by atoms with E-state index in [-0.39, 0.29) is 58.7 Å². The molecule has 3 aromatic heterocycles. The number of aromatic hydroxyl groups is 1. The summed E-state index contributed by atoms with van der Waals surface area (Å²) in [6.45, 7) is 2.86. The number of halogens is 8. The Bertz CT molecular complexity index is 5900. The predicted octanol–water partition coefficient (Wildman–Crippen LogP) is 21.7. The number of carbonyl (C=O) groups excluding carboxylic acids is 7. The van der Waals surface area contributed by atoms with Crippen molar-refractivity contribution in [2.24, 2.45) is 0 Å². The Labute approximate surface area is 719 Å². The highest BCUT2D eigenvalue weighted by Crippen LogP contribution is 2.41. The van der Waals surface area contributed by atoms with Gasteiger partial charge in [-0.2, -0.15) is 26.3 Å². The van der Waals surface area contributed by atoms with Gasteiger partial charge in [0.25, 0.3) is 11.8 Å². The molecule has 0 bridgehead atoms. The highest BCUT2D eigenvalue weighted by molar-refractivity contribution is 6.31. The molecule has 0 aliphatic carbocycles. The molecule has 0 aliphatic rings. The molecule has 640 valence electrons. The summed E-state index contributed by atoms with van der Waals surface area (Å²) in [6, 6.07) is 65.5. The number of ether oxygens (including phenoxy) is 6. The van der Waals surface area contributed by atoms with Crippen molar-refractivity contribution >= 4 is 116 Å². The summed E-state index contributed by atoms with van der Waals surface area (Å²) in [6.07, 6.45) is -3.30. The van der Waals surface area contributed by atoms with Crippen molar-refractivity contribution < 1.29 is 93.4 Å². The van der Waals surface area contributed by atoms with E-state index >= 15 is 0 Å². The van der Waals surface area contributed by atoms with E-state index in [1.807, 2.05) is 0 Å². The standard InChI is InChI=1S/C28H23F3N4O4.C26H21ClN4O4.C21H17F3N4O4.C14H13ClN2O2/c1-32-26(36)24-16-22(13-14-33-24)39-21-10-7-19(8-11-21)34-27(37)35-20-9-12-25(23(15-20)28(29,30)31)38-17-18-5-3-2-4-6-18;1-17(32)29-19-3-9-22(10-4-19)35-25-11-2-18(27)16-24(25)31-26(33)30-20-5-7-21(8-6-20)34-23-12-14-28-15-13-23;1-25-19(30)17-11-15(8-9-26-17)32-14-5-2-12(3-6-14)27-20(31)28-13-4-7-18(29)16(10-13)21(22,23)24;1-9(18)17-11-3-5-12(6-4-11)19-14-7-2-10(15)8-13(14)16/h2-16H,17H2,1H3,(H,32,36)(H2,34,35,37);2-16H,1H3,(H,29,32)(H2,30,31,33);2-11,29H,1H3,(H,25,30)(H2,27,28,31);2-8H,16H2,1H3,(H,17,18). The van der Waals surface area contributed by atoms with Crippen LogP contribution in [0.15, 0.2) is 286 Å². The van der Waals surface area contributed by atoms with Crippen LogP contribution in [0.3, 0.4) is 0 Å². The lowest BCUT2D eigenvalue weighted by Gasteiger charge is -2.16. The lowest BCUT2D eigenvalue weighted by atomic mass is 10.1. The highest BCUT2D eigenvalue weighted by atomic mass is 35.5. The van der Waals surface area contributed by atoms with E-state index < -0.39 is 47.3 Å². The van der Waals surface area contributed by atoms with Crippen molar-refractivity contribution in [1.29, 1.82) is 0 Å². The van der Waals surface area contributed by atoms with Crippen LogP contribution in [0.2, 0.25) is 10.0 Å². The van der Waals surface area contributed by atoms with E-state index in [1.54, 1.807) is 213 Å². The summed E-state index contributed by atoms with van der Waals surface area (Å²) in [5.41, 5.74) is 7.95. The van der Waals surface area contributed by atoms with E-state index in [2.05, 4.69) is 68.1 Å². The number of phenolic OH excluding ortho intramolecular Hbond substituents is 1. The minimum absolute atomic E-state index is 0.0344. The first-order valence-electron chi connectivity index (χ1n) is 36.9. The largest absolute Gasteiger partial charge is 0.507 e. The van der Waals surface area contributed by atoms with Crippen LogP contribution >= 0.6 is 23.2 Å². The Kier molecular flexibility index (Phi) is 31.9. The Hall–Kier alpha value is -16.1. The quantitative estimate of drug-likeness (QED) is 0.0161. The number of hydrogen-bond acceptors (Lipinski definition) is 18. The number of nitrogen functional groups attached to an aromatic ring is 1. The third-order valence-electron chi connectivity index (χ3n) is 16.4. The lowest BCUT2D eigenvalue weighted by molar-refractivity contribution is -0.139. The number of aromatic nitrogens is 3. The van der Waals surface area contributed by atoms with Crippen LogP contribution in [0, 0.1) is 0 Å². The first kappa shape index (κ1) is 91.2. The third kappa shape index (κ3) is 29.4. The zero-order valence-corrected chi connectivity index (χ0v) is 67.6. The summed E-state index contributed by atoms with van der Waals surface area (Å²) >= 11 is 11.9. The van der Waals surface area contributed by atoms with Crippen LogP contribution in [-0.4, -0.2) is 75.9 Å². The first-order chi connectivity index (χ1) is 59.8. The van der Waals surface area contributed by atoms with Crippen LogP contribution < -0.4 is 87.3 Å². The van der Waals surface area contributed by atoms with Crippen LogP contribution in [0.5, 0.6) is 69.0 Å². The molecule has 0 spiro atoms. The highest BCUT2D eigenvalue weighted by Gasteiger charge is 2.36. The second-order valence-electron chi connectivity index (χ2n) is 25.9. The Morgan fingerprint density at radius 1 is 0.368 bits per heavy atom. The second kappa shape index (κ2) is 43.7. The molecule has 0 radical (unpaired) electrons. The minimum atomic E-state index is -4.76. The van der Waals surface area contributed by atoms with Gasteiger partial charge < -0.3 is 92.4 Å². The third-order valence-corrected chi connectivity index (χ3v) is 16.9. The summed E-state index contributed by atoms with van der Waals surface area (Å²) in [7, 11) is 2.97. The summed E-state index contributed by atoms with van der Waals surface area (Å²) in [4.78, 5) is 94.4. The van der Waals surface area contributed by atoms with Crippen molar-refractivity contribution in [2.75, 3.05) is 62.4 Å². The van der Waals surface area contributed by atoms with Gasteiger partial charge in [-0.05, 0) is 224 Å². The molecule has 0 saturated heterocycles. The van der Waals surface area contributed by atoms with E-state index in [0.717, 1.165) is 23.8 Å². The predicted molar refractivity (Wildman–Crippen MR) is 461 cm³/mol. The monoisotopic (exact) mass is 1750 g/mol. The van der Waals surface area contributed by atoms with E-state index in [1.165, 1.54) is 76.7 Å². The number of phenols is 1. The number of carbonyl (C=O) groups is 7. The molecule has 10 aromatic carbocycles. The molecular weight excluding hydrogens is 1670 g/mol. The number of anilines is 9. The minimum Gasteiger partial charge on any atom is -0.507 e. The van der Waals surface area contributed by atoms with Crippen LogP contribution in [-0.2, 0) is 28.5 Å². The average molecular weight is 1750 g/mol. The molecule has 3 heterocycles. The van der Waals surface area contributed by atoms with Gasteiger partial charge in [-0.25, -0.2) is 14.4 Å². The van der Waals surface area contributed by atoms with E-state index in [4.69, 9.17) is 57.4 Å². The maximum atomic E-state index is 13.7. The normalized spacial score (nSPS) is 10.6. The zero-order chi connectivity index (χ0) is 89.6. The molecule has 0 unspecified atom stereocenters. The fourth-order valence-corrected chi connectivity index (χ4v) is 11.0. The molecule has 13 N–H and O–H groups in total. The molecule has 0 fully saturated rings. The molecule has 28 nitrogen and oxygen atoms in total. The number of urea groups is 3. The number of pyridine rings is 3. The van der Waals surface area contributed by atoms with Crippen LogP contribution in [0.25, 0.3) is 0 Å². The van der Waals surface area contributed by atoms with Crippen molar-refractivity contribution in [3.8, 4) is 69.0 Å². The number of nitrogens with zero attached hydrogens (tertiary/aromatic N) is 3. The number of amides is 10. The fraction of sp³-hybridized carbons (Fsp3) is 0.0787. The second-order valence-corrected chi connectivity index (χ2v) is 26.7. The summed E-state index contributed by atoms with van der Waals surface area (Å²) < 4.78 is 114. The van der Waals surface area contributed by atoms with Gasteiger partial charge >= 0.3 is 30.4 Å². The SMILES string of the molecule is CC(=O)Nc1ccc(Oc2ccc(Cl)cc2N)cc1.CC(=O)Nc1ccc(Oc2ccc(Cl)cc2NC(=O)Nc2ccc(Oc3ccncc3)cc2)cc1.CNC(=O)c1cc(Oc2ccc(NC(=O)Nc3ccc(O)c(C(F)(F)F)c3)cc2)ccn1.CNC(=O)c1cc(Oc2ccc(NC(=O)Nc3ccc(OCc4ccccc4)c(C(F)(F)F)c3)cc2)ccn1. The van der Waals surface area contributed by atoms with Crippen molar-refractivity contribution in [3.63, 3.8) is 0 Å². The number of alkyl halides is 6. The van der Waals surface area contributed by atoms with Gasteiger partial charge in [0.2, 0.25) is 11.8 Å². The van der Waals surface area contributed by atoms with Gasteiger partial charge in [-0.1, -0.05) is 53.5 Å². The van der Waals surface area contributed by atoms with E-state index in [0.29, 0.717) is 113 Å². The van der Waals surface area contributed by atoms with Gasteiger partial charge in [0.15, 0.2) is 5.75 Å². The van der Waals surface area contributed by atoms with Crippen LogP contribution in [0.1, 0.15) is 51.5 Å². The smallest absolute Gasteiger partial charge is 0.420 e. The molecule has 0 atom stereocenters. The molecule has 0 saturated carbocycles. The Morgan fingerprint density at radius 3 is 1.15 bits per heavy atom. The van der Waals surface area contributed by atoms with Crippen molar-refractivity contribution in [3.05, 3.63) is 324 Å². The van der Waals surface area contributed by atoms with Crippen LogP contribution in [0.4, 0.5) is 91.9 Å². The Balaban J connectivity index is 0.000000178. The van der Waals surface area contributed by atoms with Gasteiger partial charge in [-0.15, -0.1) is 0 Å². The summed E-state index contributed by atoms with van der Waals surface area (Å²) in [5, 5.41) is 35.9. The van der Waals surface area contributed by atoms with Gasteiger partial charge in [0.05, 0.1) is 22.5 Å². The maximum Gasteiger partial charge on any atom is 0.420 e. The molecule has 36 heteroatoms. The molecule has 125 heavy (non-hydrogen) atoms. The number of benzene rings is 10. The van der Waals surface area contributed by atoms with E-state index in [9.17, 15) is 65.0 Å². The molecule has 0 aliphatic heterocycles. The molecular formula is C89H74Cl2F6N14O14. The number of rotatable bonds is 23. The number of nitrogens with one attached hydrogen (secondary N) is 10. The summed E-state index contributed by atoms with van der Waals surface area (Å²) in [5.74, 6) is 2.71. The number of nitrogens with two attached hydrogens (primary N) is 1. The zero-order valence-electron chi connectivity index (χ0n) is 66.0. The number of hydrogen-bond donors (Lipinski definition) is 12. The van der Waals surface area contributed by atoms with Gasteiger partial charge in [0, 0.05) is 115 Å². The average Bonchev–Trinajstić information content (AvgIpc) is 0.792. The first-order valence-corrected chi connectivity index (χ1v) is 37.7. The molecule has 13 aromatic rings. The van der Waals surface area contributed by atoms with Gasteiger partial charge in [0.1, 0.15) is 81.2 Å². The Morgan fingerprint density at radius 2 is 0.720 bits per heavy atom. The fourth-order valence-electron chi connectivity index (χ4n) is 10.7. The maximum absolute atomic E-state index is 13.7. The molecule has 13 rings (SSSR count). The van der Waals surface area contributed by atoms with Crippen molar-refractivity contribution in [1.82, 2.24) is 25.6 Å². The lowest BCUT2D eigenvalue weighted by Crippen LogP contribution is -2.20.